The highest BCUT2D eigenvalue weighted by atomic mass is 32.1. The number of pyridine rings is 1. The van der Waals surface area contributed by atoms with Gasteiger partial charge in [0.25, 0.3) is 0 Å². The lowest BCUT2D eigenvalue weighted by molar-refractivity contribution is 0.0523. The molecular formula is C11H16N2O2S. The minimum Gasteiger partial charge on any atom is -0.444 e. The second-order valence-electron chi connectivity index (χ2n) is 4.36. The lowest BCUT2D eigenvalue weighted by Crippen LogP contribution is -2.32. The number of alkyl carbamates (subject to hydrolysis) is 1. The van der Waals surface area contributed by atoms with E-state index in [0.29, 0.717) is 6.54 Å². The molecule has 1 amide bonds. The molecule has 0 fully saturated rings. The SMILES string of the molecule is CC(C)(C)OC(=O)NCc1ccc(S)cn1. The Morgan fingerprint density at radius 1 is 1.50 bits per heavy atom. The van der Waals surface area contributed by atoms with Crippen LogP contribution in [0.25, 0.3) is 0 Å². The van der Waals surface area contributed by atoms with E-state index in [1.54, 1.807) is 12.3 Å². The van der Waals surface area contributed by atoms with Gasteiger partial charge in [-0.1, -0.05) is 0 Å². The van der Waals surface area contributed by atoms with Crippen molar-refractivity contribution >= 4 is 18.7 Å². The van der Waals surface area contributed by atoms with E-state index in [0.717, 1.165) is 10.6 Å². The molecule has 1 heterocycles. The first-order valence-corrected chi connectivity index (χ1v) is 5.42. The van der Waals surface area contributed by atoms with Crippen LogP contribution in [0.1, 0.15) is 26.5 Å². The molecule has 0 bridgehead atoms. The van der Waals surface area contributed by atoms with Crippen LogP contribution in [0.2, 0.25) is 0 Å². The predicted molar refractivity (Wildman–Crippen MR) is 64.6 cm³/mol. The summed E-state index contributed by atoms with van der Waals surface area (Å²) >= 11 is 4.12. The molecule has 1 N–H and O–H groups in total. The van der Waals surface area contributed by atoms with Crippen molar-refractivity contribution in [2.24, 2.45) is 0 Å². The maximum absolute atomic E-state index is 11.3. The van der Waals surface area contributed by atoms with Gasteiger partial charge in [0.15, 0.2) is 0 Å². The van der Waals surface area contributed by atoms with Gasteiger partial charge in [0.05, 0.1) is 12.2 Å². The average molecular weight is 240 g/mol. The third-order valence-electron chi connectivity index (χ3n) is 1.62. The quantitative estimate of drug-likeness (QED) is 0.780. The number of aromatic nitrogens is 1. The molecule has 4 nitrogen and oxygen atoms in total. The van der Waals surface area contributed by atoms with Gasteiger partial charge in [-0.2, -0.15) is 0 Å². The Balaban J connectivity index is 2.40. The number of hydrogen-bond donors (Lipinski definition) is 2. The number of nitrogens with zero attached hydrogens (tertiary/aromatic N) is 1. The lowest BCUT2D eigenvalue weighted by atomic mass is 10.2. The van der Waals surface area contributed by atoms with Crippen LogP contribution in [-0.2, 0) is 11.3 Å². The van der Waals surface area contributed by atoms with E-state index < -0.39 is 11.7 Å². The summed E-state index contributed by atoms with van der Waals surface area (Å²) in [7, 11) is 0. The maximum Gasteiger partial charge on any atom is 0.407 e. The van der Waals surface area contributed by atoms with Gasteiger partial charge in [-0.15, -0.1) is 12.6 Å². The number of thiol groups is 1. The van der Waals surface area contributed by atoms with Crippen molar-refractivity contribution in [1.29, 1.82) is 0 Å². The second-order valence-corrected chi connectivity index (χ2v) is 4.88. The molecule has 5 heteroatoms. The van der Waals surface area contributed by atoms with Crippen LogP contribution in [0.5, 0.6) is 0 Å². The van der Waals surface area contributed by atoms with Gasteiger partial charge in [0, 0.05) is 11.1 Å². The molecule has 0 saturated heterocycles. The molecule has 1 aromatic rings. The van der Waals surface area contributed by atoms with Gasteiger partial charge < -0.3 is 10.1 Å². The Kier molecular flexibility index (Phi) is 4.18. The first-order chi connectivity index (χ1) is 7.37. The molecule has 0 radical (unpaired) electrons. The van der Waals surface area contributed by atoms with Crippen molar-refractivity contribution in [3.8, 4) is 0 Å². The second kappa shape index (κ2) is 5.21. The topological polar surface area (TPSA) is 51.2 Å². The highest BCUT2D eigenvalue weighted by Crippen LogP contribution is 2.07. The predicted octanol–water partition coefficient (Wildman–Crippen LogP) is 2.40. The summed E-state index contributed by atoms with van der Waals surface area (Å²) in [5.41, 5.74) is 0.288. The molecule has 0 aliphatic heterocycles. The zero-order valence-corrected chi connectivity index (χ0v) is 10.5. The number of carbonyl (C=O) groups excluding carboxylic acids is 1. The summed E-state index contributed by atoms with van der Waals surface area (Å²) in [5.74, 6) is 0. The van der Waals surface area contributed by atoms with Crippen molar-refractivity contribution in [2.75, 3.05) is 0 Å². The molecule has 0 unspecified atom stereocenters. The number of carbonyl (C=O) groups is 1. The molecule has 0 aliphatic rings. The summed E-state index contributed by atoms with van der Waals surface area (Å²) in [6, 6.07) is 3.63. The first kappa shape index (κ1) is 12.8. The monoisotopic (exact) mass is 240 g/mol. The van der Waals surface area contributed by atoms with Gasteiger partial charge >= 0.3 is 6.09 Å². The molecule has 16 heavy (non-hydrogen) atoms. The Morgan fingerprint density at radius 3 is 2.69 bits per heavy atom. The lowest BCUT2D eigenvalue weighted by Gasteiger charge is -2.19. The normalized spacial score (nSPS) is 11.0. The van der Waals surface area contributed by atoms with Crippen molar-refractivity contribution in [1.82, 2.24) is 10.3 Å². The molecule has 88 valence electrons. The molecular weight excluding hydrogens is 224 g/mol. The fourth-order valence-corrected chi connectivity index (χ4v) is 1.13. The molecule has 0 saturated carbocycles. The Hall–Kier alpha value is -1.23. The third kappa shape index (κ3) is 5.02. The van der Waals surface area contributed by atoms with Crippen LogP contribution in [0, 0.1) is 0 Å². The molecule has 1 rings (SSSR count). The fourth-order valence-electron chi connectivity index (χ4n) is 0.998. The fraction of sp³-hybridized carbons (Fsp3) is 0.455. The number of rotatable bonds is 2. The smallest absolute Gasteiger partial charge is 0.407 e. The Morgan fingerprint density at radius 2 is 2.19 bits per heavy atom. The van der Waals surface area contributed by atoms with Crippen LogP contribution in [0.4, 0.5) is 4.79 Å². The van der Waals surface area contributed by atoms with E-state index in [-0.39, 0.29) is 0 Å². The van der Waals surface area contributed by atoms with Crippen LogP contribution in [-0.4, -0.2) is 16.7 Å². The van der Waals surface area contributed by atoms with Crippen LogP contribution in [0.15, 0.2) is 23.2 Å². The third-order valence-corrected chi connectivity index (χ3v) is 1.89. The Labute approximate surface area is 101 Å². The minimum absolute atomic E-state index is 0.350. The number of nitrogens with one attached hydrogen (secondary N) is 1. The van der Waals surface area contributed by atoms with Gasteiger partial charge in [-0.3, -0.25) is 4.98 Å². The minimum atomic E-state index is -0.480. The standard InChI is InChI=1S/C11H16N2O2S/c1-11(2,3)15-10(14)13-6-8-4-5-9(16)7-12-8/h4-5,7,16H,6H2,1-3H3,(H,13,14). The zero-order chi connectivity index (χ0) is 12.2. The highest BCUT2D eigenvalue weighted by molar-refractivity contribution is 7.80. The summed E-state index contributed by atoms with van der Waals surface area (Å²) in [6.45, 7) is 5.81. The highest BCUT2D eigenvalue weighted by Gasteiger charge is 2.15. The van der Waals surface area contributed by atoms with E-state index in [1.165, 1.54) is 0 Å². The molecule has 0 atom stereocenters. The maximum atomic E-state index is 11.3. The van der Waals surface area contributed by atoms with Crippen molar-refractivity contribution in [3.63, 3.8) is 0 Å². The Bertz CT molecular complexity index is 357. The van der Waals surface area contributed by atoms with E-state index >= 15 is 0 Å². The average Bonchev–Trinajstić information content (AvgIpc) is 2.14. The van der Waals surface area contributed by atoms with Crippen molar-refractivity contribution in [2.45, 2.75) is 37.8 Å². The van der Waals surface area contributed by atoms with Gasteiger partial charge in [-0.05, 0) is 32.9 Å². The van der Waals surface area contributed by atoms with Crippen molar-refractivity contribution < 1.29 is 9.53 Å². The summed E-state index contributed by atoms with van der Waals surface area (Å²) in [6.07, 6.45) is 1.19. The first-order valence-electron chi connectivity index (χ1n) is 4.97. The van der Waals surface area contributed by atoms with E-state index in [9.17, 15) is 4.79 Å². The van der Waals surface area contributed by atoms with Gasteiger partial charge in [0.1, 0.15) is 5.60 Å². The number of amides is 1. The van der Waals surface area contributed by atoms with Gasteiger partial charge in [0.2, 0.25) is 0 Å². The molecule has 0 aromatic carbocycles. The van der Waals surface area contributed by atoms with Crippen LogP contribution in [0.3, 0.4) is 0 Å². The van der Waals surface area contributed by atoms with E-state index in [1.807, 2.05) is 26.8 Å². The zero-order valence-electron chi connectivity index (χ0n) is 9.65. The van der Waals surface area contributed by atoms with Gasteiger partial charge in [-0.25, -0.2) is 4.79 Å². The van der Waals surface area contributed by atoms with Crippen LogP contribution >= 0.6 is 12.6 Å². The van der Waals surface area contributed by atoms with Crippen molar-refractivity contribution in [3.05, 3.63) is 24.0 Å². The molecule has 1 aromatic heterocycles. The van der Waals surface area contributed by atoms with E-state index in [4.69, 9.17) is 4.74 Å². The van der Waals surface area contributed by atoms with E-state index in [2.05, 4.69) is 22.9 Å². The number of ether oxygens (including phenoxy) is 1. The largest absolute Gasteiger partial charge is 0.444 e. The number of hydrogen-bond acceptors (Lipinski definition) is 4. The molecule has 0 aliphatic carbocycles. The summed E-state index contributed by atoms with van der Waals surface area (Å²) < 4.78 is 5.09. The summed E-state index contributed by atoms with van der Waals surface area (Å²) in [5, 5.41) is 2.63. The van der Waals surface area contributed by atoms with Crippen LogP contribution < -0.4 is 5.32 Å². The summed E-state index contributed by atoms with van der Waals surface area (Å²) in [4.78, 5) is 16.2. The molecule has 0 spiro atoms.